The molecule has 0 aliphatic heterocycles. The minimum absolute atomic E-state index is 0.142. The van der Waals surface area contributed by atoms with Crippen molar-refractivity contribution >= 4 is 5.69 Å². The lowest BCUT2D eigenvalue weighted by atomic mass is 10.1. The highest BCUT2D eigenvalue weighted by Crippen LogP contribution is 2.20. The standard InChI is InChI=1S/C9H17N3O/c1-7-8(10)5-11-12(7)9(2,3)6-13-4/h5H,6,10H2,1-4H3. The van der Waals surface area contributed by atoms with E-state index in [2.05, 4.69) is 18.9 Å². The third kappa shape index (κ3) is 1.83. The predicted octanol–water partition coefficient (Wildman–Crippen LogP) is 1.16. The van der Waals surface area contributed by atoms with E-state index >= 15 is 0 Å². The first-order valence-electron chi connectivity index (χ1n) is 4.28. The molecule has 0 atom stereocenters. The number of methoxy groups -OCH3 is 1. The van der Waals surface area contributed by atoms with E-state index in [1.807, 2.05) is 11.6 Å². The van der Waals surface area contributed by atoms with Crippen molar-refractivity contribution in [2.45, 2.75) is 26.3 Å². The molecule has 0 fully saturated rings. The summed E-state index contributed by atoms with van der Waals surface area (Å²) in [4.78, 5) is 0. The third-order valence-electron chi connectivity index (χ3n) is 2.12. The van der Waals surface area contributed by atoms with Crippen LogP contribution in [0.15, 0.2) is 6.20 Å². The Hall–Kier alpha value is -1.03. The Morgan fingerprint density at radius 2 is 2.23 bits per heavy atom. The second-order valence-electron chi connectivity index (χ2n) is 3.84. The van der Waals surface area contributed by atoms with Crippen molar-refractivity contribution in [1.29, 1.82) is 0 Å². The van der Waals surface area contributed by atoms with Crippen LogP contribution in [0.25, 0.3) is 0 Å². The highest BCUT2D eigenvalue weighted by atomic mass is 16.5. The van der Waals surface area contributed by atoms with E-state index in [0.717, 1.165) is 11.4 Å². The van der Waals surface area contributed by atoms with Crippen molar-refractivity contribution in [3.05, 3.63) is 11.9 Å². The van der Waals surface area contributed by atoms with Gasteiger partial charge in [0, 0.05) is 7.11 Å². The second kappa shape index (κ2) is 3.38. The zero-order chi connectivity index (χ0) is 10.1. The molecule has 0 aliphatic carbocycles. The van der Waals surface area contributed by atoms with Crippen molar-refractivity contribution in [2.24, 2.45) is 0 Å². The van der Waals surface area contributed by atoms with Crippen LogP contribution >= 0.6 is 0 Å². The van der Waals surface area contributed by atoms with E-state index in [9.17, 15) is 0 Å². The molecule has 0 amide bonds. The molecule has 0 spiro atoms. The van der Waals surface area contributed by atoms with Gasteiger partial charge < -0.3 is 10.5 Å². The third-order valence-corrected chi connectivity index (χ3v) is 2.12. The Morgan fingerprint density at radius 1 is 1.62 bits per heavy atom. The number of nitrogens with zero attached hydrogens (tertiary/aromatic N) is 2. The first kappa shape index (κ1) is 10.1. The Morgan fingerprint density at radius 3 is 2.62 bits per heavy atom. The van der Waals surface area contributed by atoms with Gasteiger partial charge in [0.2, 0.25) is 0 Å². The van der Waals surface area contributed by atoms with E-state index in [4.69, 9.17) is 10.5 Å². The van der Waals surface area contributed by atoms with Crippen LogP contribution in [0.4, 0.5) is 5.69 Å². The second-order valence-corrected chi connectivity index (χ2v) is 3.84. The van der Waals surface area contributed by atoms with E-state index in [0.29, 0.717) is 6.61 Å². The average Bonchev–Trinajstić information content (AvgIpc) is 2.33. The van der Waals surface area contributed by atoms with Crippen molar-refractivity contribution in [1.82, 2.24) is 9.78 Å². The van der Waals surface area contributed by atoms with Gasteiger partial charge in [-0.25, -0.2) is 0 Å². The topological polar surface area (TPSA) is 53.1 Å². The zero-order valence-corrected chi connectivity index (χ0v) is 8.66. The molecule has 1 rings (SSSR count). The summed E-state index contributed by atoms with van der Waals surface area (Å²) in [6.45, 7) is 6.71. The molecule has 0 unspecified atom stereocenters. The number of ether oxygens (including phenoxy) is 1. The highest BCUT2D eigenvalue weighted by Gasteiger charge is 2.23. The Bertz CT molecular complexity index is 291. The molecule has 0 saturated carbocycles. The van der Waals surface area contributed by atoms with Gasteiger partial charge in [-0.3, -0.25) is 4.68 Å². The van der Waals surface area contributed by atoms with Crippen LogP contribution in [-0.4, -0.2) is 23.5 Å². The molecule has 0 aromatic carbocycles. The molecule has 74 valence electrons. The quantitative estimate of drug-likeness (QED) is 0.765. The summed E-state index contributed by atoms with van der Waals surface area (Å²) in [5.41, 5.74) is 7.28. The van der Waals surface area contributed by atoms with E-state index in [1.165, 1.54) is 0 Å². The Balaban J connectivity index is 2.99. The van der Waals surface area contributed by atoms with Gasteiger partial charge in [-0.15, -0.1) is 0 Å². The number of hydrogen-bond acceptors (Lipinski definition) is 3. The van der Waals surface area contributed by atoms with Gasteiger partial charge in [-0.1, -0.05) is 0 Å². The van der Waals surface area contributed by atoms with Crippen LogP contribution in [-0.2, 0) is 10.3 Å². The first-order chi connectivity index (χ1) is 5.99. The van der Waals surface area contributed by atoms with Crippen molar-refractivity contribution in [3.63, 3.8) is 0 Å². The molecular weight excluding hydrogens is 166 g/mol. The zero-order valence-electron chi connectivity index (χ0n) is 8.66. The van der Waals surface area contributed by atoms with E-state index in [1.54, 1.807) is 13.3 Å². The molecule has 1 aromatic rings. The maximum atomic E-state index is 5.71. The Kier molecular flexibility index (Phi) is 2.61. The summed E-state index contributed by atoms with van der Waals surface area (Å²) >= 11 is 0. The number of hydrogen-bond donors (Lipinski definition) is 1. The van der Waals surface area contributed by atoms with Crippen LogP contribution in [0.3, 0.4) is 0 Å². The SMILES string of the molecule is COCC(C)(C)n1ncc(N)c1C. The van der Waals surface area contributed by atoms with Gasteiger partial charge in [0.15, 0.2) is 0 Å². The monoisotopic (exact) mass is 183 g/mol. The number of nitrogens with two attached hydrogens (primary N) is 1. The predicted molar refractivity (Wildman–Crippen MR) is 52.6 cm³/mol. The minimum Gasteiger partial charge on any atom is -0.396 e. The lowest BCUT2D eigenvalue weighted by Gasteiger charge is -2.25. The van der Waals surface area contributed by atoms with Gasteiger partial charge in [0.1, 0.15) is 0 Å². The molecule has 0 radical (unpaired) electrons. The van der Waals surface area contributed by atoms with Crippen LogP contribution < -0.4 is 5.73 Å². The summed E-state index contributed by atoms with van der Waals surface area (Å²) in [7, 11) is 1.68. The summed E-state index contributed by atoms with van der Waals surface area (Å²) in [6, 6.07) is 0. The normalized spacial score (nSPS) is 12.0. The Labute approximate surface area is 78.7 Å². The van der Waals surface area contributed by atoms with Gasteiger partial charge in [-0.05, 0) is 20.8 Å². The van der Waals surface area contributed by atoms with Crippen molar-refractivity contribution in [3.8, 4) is 0 Å². The average molecular weight is 183 g/mol. The molecular formula is C9H17N3O. The van der Waals surface area contributed by atoms with E-state index in [-0.39, 0.29) is 5.54 Å². The van der Waals surface area contributed by atoms with Crippen LogP contribution in [0.2, 0.25) is 0 Å². The van der Waals surface area contributed by atoms with Gasteiger partial charge >= 0.3 is 0 Å². The fourth-order valence-corrected chi connectivity index (χ4v) is 1.45. The van der Waals surface area contributed by atoms with Gasteiger partial charge in [0.25, 0.3) is 0 Å². The largest absolute Gasteiger partial charge is 0.396 e. The summed E-state index contributed by atoms with van der Waals surface area (Å²) in [5.74, 6) is 0. The highest BCUT2D eigenvalue weighted by molar-refractivity contribution is 5.40. The summed E-state index contributed by atoms with van der Waals surface area (Å²) in [6.07, 6.45) is 1.67. The van der Waals surface area contributed by atoms with Gasteiger partial charge in [0.05, 0.1) is 29.7 Å². The summed E-state index contributed by atoms with van der Waals surface area (Å²) < 4.78 is 7.02. The molecule has 0 bridgehead atoms. The maximum Gasteiger partial charge on any atom is 0.0807 e. The molecule has 4 heteroatoms. The van der Waals surface area contributed by atoms with Crippen molar-refractivity contribution < 1.29 is 4.74 Å². The number of anilines is 1. The van der Waals surface area contributed by atoms with Crippen LogP contribution in [0, 0.1) is 6.92 Å². The molecule has 1 heterocycles. The smallest absolute Gasteiger partial charge is 0.0807 e. The molecule has 13 heavy (non-hydrogen) atoms. The molecule has 4 nitrogen and oxygen atoms in total. The molecule has 0 saturated heterocycles. The molecule has 2 N–H and O–H groups in total. The molecule has 1 aromatic heterocycles. The van der Waals surface area contributed by atoms with E-state index < -0.39 is 0 Å². The minimum atomic E-state index is -0.142. The lowest BCUT2D eigenvalue weighted by Crippen LogP contribution is -2.33. The maximum absolute atomic E-state index is 5.71. The number of nitrogen functional groups attached to an aromatic ring is 1. The fourth-order valence-electron chi connectivity index (χ4n) is 1.45. The fraction of sp³-hybridized carbons (Fsp3) is 0.667. The van der Waals surface area contributed by atoms with Crippen LogP contribution in [0.5, 0.6) is 0 Å². The lowest BCUT2D eigenvalue weighted by molar-refractivity contribution is 0.1000. The summed E-state index contributed by atoms with van der Waals surface area (Å²) in [5, 5.41) is 4.22. The number of rotatable bonds is 3. The van der Waals surface area contributed by atoms with Crippen LogP contribution in [0.1, 0.15) is 19.5 Å². The first-order valence-corrected chi connectivity index (χ1v) is 4.28. The van der Waals surface area contributed by atoms with Crippen molar-refractivity contribution in [2.75, 3.05) is 19.5 Å². The van der Waals surface area contributed by atoms with Gasteiger partial charge in [-0.2, -0.15) is 5.10 Å². The molecule has 0 aliphatic rings. The number of aromatic nitrogens is 2.